The van der Waals surface area contributed by atoms with Crippen LogP contribution in [0.1, 0.15) is 32.6 Å². The minimum absolute atomic E-state index is 0.188. The van der Waals surface area contributed by atoms with Crippen LogP contribution in [0, 0.1) is 0 Å². The number of methoxy groups -OCH3 is 1. The molecule has 1 aliphatic carbocycles. The predicted molar refractivity (Wildman–Crippen MR) is 59.1 cm³/mol. The van der Waals surface area contributed by atoms with E-state index in [1.165, 1.54) is 12.8 Å². The first-order chi connectivity index (χ1) is 7.19. The van der Waals surface area contributed by atoms with Crippen molar-refractivity contribution in [3.63, 3.8) is 0 Å². The Morgan fingerprint density at radius 2 is 2.13 bits per heavy atom. The second kappa shape index (κ2) is 5.75. The Hall–Kier alpha value is -1.03. The van der Waals surface area contributed by atoms with Gasteiger partial charge in [-0.2, -0.15) is 0 Å². The molecule has 86 valence electrons. The van der Waals surface area contributed by atoms with Crippen molar-refractivity contribution < 1.29 is 9.53 Å². The SMILES string of the molecule is CC=C(N[C@H]1CCCC[C@H]1OC)C(N)=O. The molecule has 4 nitrogen and oxygen atoms in total. The maximum absolute atomic E-state index is 11.0. The van der Waals surface area contributed by atoms with E-state index in [1.54, 1.807) is 20.1 Å². The Morgan fingerprint density at radius 3 is 2.67 bits per heavy atom. The molecule has 0 aliphatic heterocycles. The van der Waals surface area contributed by atoms with E-state index in [0.29, 0.717) is 5.70 Å². The van der Waals surface area contributed by atoms with E-state index in [1.807, 2.05) is 0 Å². The first-order valence-corrected chi connectivity index (χ1v) is 5.44. The summed E-state index contributed by atoms with van der Waals surface area (Å²) in [5.41, 5.74) is 5.73. The lowest BCUT2D eigenvalue weighted by Crippen LogP contribution is -2.44. The number of nitrogens with two attached hydrogens (primary N) is 1. The Morgan fingerprint density at radius 1 is 1.47 bits per heavy atom. The van der Waals surface area contributed by atoms with E-state index in [4.69, 9.17) is 10.5 Å². The van der Waals surface area contributed by atoms with Crippen molar-refractivity contribution in [2.45, 2.75) is 44.8 Å². The highest BCUT2D eigenvalue weighted by Crippen LogP contribution is 2.21. The number of hydrogen-bond acceptors (Lipinski definition) is 3. The number of primary amides is 1. The lowest BCUT2D eigenvalue weighted by molar-refractivity contribution is -0.115. The Bertz CT molecular complexity index is 251. The predicted octanol–water partition coefficient (Wildman–Crippen LogP) is 0.923. The van der Waals surface area contributed by atoms with Gasteiger partial charge < -0.3 is 15.8 Å². The quantitative estimate of drug-likeness (QED) is 0.681. The van der Waals surface area contributed by atoms with Crippen LogP contribution in [0.15, 0.2) is 11.8 Å². The van der Waals surface area contributed by atoms with Gasteiger partial charge in [-0.25, -0.2) is 0 Å². The van der Waals surface area contributed by atoms with Gasteiger partial charge >= 0.3 is 0 Å². The van der Waals surface area contributed by atoms with E-state index in [0.717, 1.165) is 12.8 Å². The third-order valence-electron chi connectivity index (χ3n) is 2.90. The number of rotatable bonds is 4. The molecule has 4 heteroatoms. The third-order valence-corrected chi connectivity index (χ3v) is 2.90. The number of hydrogen-bond donors (Lipinski definition) is 2. The van der Waals surface area contributed by atoms with E-state index in [2.05, 4.69) is 5.32 Å². The Labute approximate surface area is 90.9 Å². The van der Waals surface area contributed by atoms with Crippen LogP contribution in [0.4, 0.5) is 0 Å². The van der Waals surface area contributed by atoms with Crippen LogP contribution in [0.2, 0.25) is 0 Å². The molecule has 3 N–H and O–H groups in total. The van der Waals surface area contributed by atoms with Crippen molar-refractivity contribution in [1.29, 1.82) is 0 Å². The monoisotopic (exact) mass is 212 g/mol. The molecule has 0 spiro atoms. The molecular formula is C11H20N2O2. The molecule has 0 radical (unpaired) electrons. The minimum Gasteiger partial charge on any atom is -0.379 e. The Balaban J connectivity index is 2.58. The molecule has 0 bridgehead atoms. The summed E-state index contributed by atoms with van der Waals surface area (Å²) in [6.45, 7) is 1.80. The highest BCUT2D eigenvalue weighted by molar-refractivity contribution is 5.91. The largest absolute Gasteiger partial charge is 0.379 e. The normalized spacial score (nSPS) is 27.5. The lowest BCUT2D eigenvalue weighted by Gasteiger charge is -2.32. The molecule has 2 atom stereocenters. The summed E-state index contributed by atoms with van der Waals surface area (Å²) < 4.78 is 5.39. The molecule has 0 unspecified atom stereocenters. The first-order valence-electron chi connectivity index (χ1n) is 5.44. The van der Waals surface area contributed by atoms with Gasteiger partial charge in [-0.15, -0.1) is 0 Å². The van der Waals surface area contributed by atoms with E-state index in [9.17, 15) is 4.79 Å². The second-order valence-corrected chi connectivity index (χ2v) is 3.88. The van der Waals surface area contributed by atoms with Crippen molar-refractivity contribution in [2.24, 2.45) is 5.73 Å². The fraction of sp³-hybridized carbons (Fsp3) is 0.727. The van der Waals surface area contributed by atoms with Crippen molar-refractivity contribution in [3.8, 4) is 0 Å². The number of carbonyl (C=O) groups is 1. The van der Waals surface area contributed by atoms with Gasteiger partial charge in [-0.3, -0.25) is 4.79 Å². The Kier molecular flexibility index (Phi) is 4.62. The molecule has 1 aliphatic rings. The summed E-state index contributed by atoms with van der Waals surface area (Å²) in [4.78, 5) is 11.0. The molecule has 1 rings (SSSR count). The van der Waals surface area contributed by atoms with Gasteiger partial charge in [-0.1, -0.05) is 18.9 Å². The van der Waals surface area contributed by atoms with E-state index < -0.39 is 5.91 Å². The summed E-state index contributed by atoms with van der Waals surface area (Å²) in [6, 6.07) is 0.211. The fourth-order valence-electron chi connectivity index (χ4n) is 2.04. The van der Waals surface area contributed by atoms with Crippen LogP contribution >= 0.6 is 0 Å². The summed E-state index contributed by atoms with van der Waals surface area (Å²) in [6.07, 6.45) is 6.34. The summed E-state index contributed by atoms with van der Waals surface area (Å²) in [5.74, 6) is -0.405. The van der Waals surface area contributed by atoms with Crippen molar-refractivity contribution in [3.05, 3.63) is 11.8 Å². The molecule has 1 saturated carbocycles. The molecular weight excluding hydrogens is 192 g/mol. The van der Waals surface area contributed by atoms with Crippen molar-refractivity contribution >= 4 is 5.91 Å². The third kappa shape index (κ3) is 3.23. The minimum atomic E-state index is -0.405. The van der Waals surface area contributed by atoms with Gasteiger partial charge in [0.1, 0.15) is 0 Å². The van der Waals surface area contributed by atoms with E-state index in [-0.39, 0.29) is 12.1 Å². The molecule has 0 aromatic carbocycles. The smallest absolute Gasteiger partial charge is 0.264 e. The molecule has 15 heavy (non-hydrogen) atoms. The van der Waals surface area contributed by atoms with Gasteiger partial charge in [0.15, 0.2) is 0 Å². The molecule has 0 aromatic rings. The van der Waals surface area contributed by atoms with Crippen LogP contribution in [-0.2, 0) is 9.53 Å². The summed E-state index contributed by atoms with van der Waals surface area (Å²) >= 11 is 0. The molecule has 0 saturated heterocycles. The maximum Gasteiger partial charge on any atom is 0.264 e. The molecule has 0 heterocycles. The number of carbonyl (C=O) groups excluding carboxylic acids is 1. The van der Waals surface area contributed by atoms with Gasteiger partial charge in [0.05, 0.1) is 17.8 Å². The number of allylic oxidation sites excluding steroid dienone is 1. The first kappa shape index (κ1) is 12.0. The van der Waals surface area contributed by atoms with Gasteiger partial charge in [0.2, 0.25) is 0 Å². The zero-order valence-corrected chi connectivity index (χ0v) is 9.45. The summed E-state index contributed by atoms with van der Waals surface area (Å²) in [5, 5.41) is 3.17. The molecule has 1 fully saturated rings. The average Bonchev–Trinajstić information content (AvgIpc) is 2.25. The average molecular weight is 212 g/mol. The summed E-state index contributed by atoms with van der Waals surface area (Å²) in [7, 11) is 1.71. The molecule has 1 amide bonds. The zero-order chi connectivity index (χ0) is 11.3. The topological polar surface area (TPSA) is 64.3 Å². The van der Waals surface area contributed by atoms with E-state index >= 15 is 0 Å². The van der Waals surface area contributed by atoms with Gasteiger partial charge in [-0.05, 0) is 19.8 Å². The van der Waals surface area contributed by atoms with Gasteiger partial charge in [0.25, 0.3) is 5.91 Å². The van der Waals surface area contributed by atoms with Crippen molar-refractivity contribution in [2.75, 3.05) is 7.11 Å². The highest BCUT2D eigenvalue weighted by Gasteiger charge is 2.25. The van der Waals surface area contributed by atoms with Crippen molar-refractivity contribution in [1.82, 2.24) is 5.32 Å². The number of ether oxygens (including phenoxy) is 1. The lowest BCUT2D eigenvalue weighted by atomic mass is 9.92. The number of nitrogens with one attached hydrogen (secondary N) is 1. The van der Waals surface area contributed by atoms with Crippen LogP contribution in [0.25, 0.3) is 0 Å². The van der Waals surface area contributed by atoms with Crippen LogP contribution in [0.3, 0.4) is 0 Å². The standard InChI is InChI=1S/C11H20N2O2/c1-3-8(11(12)14)13-9-6-4-5-7-10(9)15-2/h3,9-10,13H,4-7H2,1-2H3,(H2,12,14)/t9-,10+/m0/s1. The second-order valence-electron chi connectivity index (χ2n) is 3.88. The zero-order valence-electron chi connectivity index (χ0n) is 9.45. The number of amides is 1. The maximum atomic E-state index is 11.0. The van der Waals surface area contributed by atoms with Gasteiger partial charge in [0, 0.05) is 7.11 Å². The molecule has 0 aromatic heterocycles. The van der Waals surface area contributed by atoms with Crippen LogP contribution < -0.4 is 11.1 Å². The highest BCUT2D eigenvalue weighted by atomic mass is 16.5. The van der Waals surface area contributed by atoms with Crippen LogP contribution in [0.5, 0.6) is 0 Å². The van der Waals surface area contributed by atoms with Crippen LogP contribution in [-0.4, -0.2) is 25.2 Å². The fourth-order valence-corrected chi connectivity index (χ4v) is 2.04.